The van der Waals surface area contributed by atoms with Crippen LogP contribution in [0.5, 0.6) is 5.75 Å². The Morgan fingerprint density at radius 2 is 1.95 bits per heavy atom. The zero-order valence-corrected chi connectivity index (χ0v) is 12.6. The van der Waals surface area contributed by atoms with Crippen molar-refractivity contribution in [1.29, 1.82) is 0 Å². The number of amides is 1. The highest BCUT2D eigenvalue weighted by Gasteiger charge is 2.15. The Morgan fingerprint density at radius 1 is 1.33 bits per heavy atom. The van der Waals surface area contributed by atoms with Crippen molar-refractivity contribution >= 4 is 18.0 Å². The molecule has 5 nitrogen and oxygen atoms in total. The fourth-order valence-electron chi connectivity index (χ4n) is 1.72. The summed E-state index contributed by atoms with van der Waals surface area (Å²) < 4.78 is 5.34. The molecule has 0 spiro atoms. The first-order valence-electron chi connectivity index (χ1n) is 6.83. The number of hydrogen-bond acceptors (Lipinski definition) is 3. The van der Waals surface area contributed by atoms with Gasteiger partial charge in [0, 0.05) is 19.7 Å². The Balaban J connectivity index is 2.58. The van der Waals surface area contributed by atoms with Crippen molar-refractivity contribution in [2.75, 3.05) is 20.2 Å². The first-order valence-corrected chi connectivity index (χ1v) is 6.83. The van der Waals surface area contributed by atoms with Crippen molar-refractivity contribution in [3.05, 3.63) is 35.9 Å². The van der Waals surface area contributed by atoms with Crippen LogP contribution in [-0.4, -0.2) is 42.1 Å². The maximum atomic E-state index is 11.9. The van der Waals surface area contributed by atoms with E-state index in [2.05, 4.69) is 0 Å². The molecule has 0 aliphatic heterocycles. The molecule has 0 heterocycles. The smallest absolute Gasteiger partial charge is 0.308 e. The predicted octanol–water partition coefficient (Wildman–Crippen LogP) is 2.28. The molecule has 1 rings (SSSR count). The molecule has 0 radical (unpaired) electrons. The summed E-state index contributed by atoms with van der Waals surface area (Å²) in [5.74, 6) is -0.937. The highest BCUT2D eigenvalue weighted by molar-refractivity contribution is 5.91. The molecule has 0 aromatic heterocycles. The summed E-state index contributed by atoms with van der Waals surface area (Å²) in [6.07, 6.45) is 3.13. The van der Waals surface area contributed by atoms with Gasteiger partial charge in [0.05, 0.1) is 12.5 Å². The Labute approximate surface area is 124 Å². The van der Waals surface area contributed by atoms with Crippen molar-refractivity contribution in [3.63, 3.8) is 0 Å². The molecule has 0 fully saturated rings. The van der Waals surface area contributed by atoms with Gasteiger partial charge in [0.1, 0.15) is 5.75 Å². The van der Waals surface area contributed by atoms with Crippen LogP contribution < -0.4 is 4.74 Å². The van der Waals surface area contributed by atoms with Crippen LogP contribution in [0.25, 0.3) is 6.08 Å². The molecule has 0 bridgehead atoms. The summed E-state index contributed by atoms with van der Waals surface area (Å²) >= 11 is 0. The quantitative estimate of drug-likeness (QED) is 0.783. The number of rotatable bonds is 7. The van der Waals surface area contributed by atoms with Crippen molar-refractivity contribution in [1.82, 2.24) is 4.90 Å². The monoisotopic (exact) mass is 291 g/mol. The summed E-state index contributed by atoms with van der Waals surface area (Å²) in [7, 11) is 1.59. The van der Waals surface area contributed by atoms with E-state index in [1.165, 1.54) is 11.0 Å². The Hall–Kier alpha value is -2.30. The minimum Gasteiger partial charge on any atom is -0.494 e. The fourth-order valence-corrected chi connectivity index (χ4v) is 1.72. The first kappa shape index (κ1) is 16.8. The van der Waals surface area contributed by atoms with Crippen LogP contribution in [0.2, 0.25) is 0 Å². The minimum atomic E-state index is -0.912. The van der Waals surface area contributed by atoms with E-state index in [1.807, 2.05) is 31.2 Å². The molecular weight excluding hydrogens is 270 g/mol. The number of likely N-dealkylation sites (N-methyl/N-ethyl adjacent to an activating group) is 1. The molecule has 0 aliphatic carbocycles. The van der Waals surface area contributed by atoms with Crippen molar-refractivity contribution in [2.45, 2.75) is 13.8 Å². The van der Waals surface area contributed by atoms with Gasteiger partial charge in [-0.2, -0.15) is 0 Å². The highest BCUT2D eigenvalue weighted by atomic mass is 16.5. The number of hydrogen-bond donors (Lipinski definition) is 1. The molecular formula is C16H21NO4. The van der Waals surface area contributed by atoms with Gasteiger partial charge in [-0.25, -0.2) is 0 Å². The van der Waals surface area contributed by atoms with E-state index in [4.69, 9.17) is 9.84 Å². The SMILES string of the molecule is CCOc1ccc(C=CC(=O)N(C)CC(C)C(=O)O)cc1. The third-order valence-corrected chi connectivity index (χ3v) is 2.95. The molecule has 21 heavy (non-hydrogen) atoms. The number of aliphatic carboxylic acids is 1. The summed E-state index contributed by atoms with van der Waals surface area (Å²) in [6.45, 7) is 4.28. The lowest BCUT2D eigenvalue weighted by Crippen LogP contribution is -2.32. The van der Waals surface area contributed by atoms with E-state index < -0.39 is 11.9 Å². The lowest BCUT2D eigenvalue weighted by Gasteiger charge is -2.17. The van der Waals surface area contributed by atoms with Crippen molar-refractivity contribution in [2.24, 2.45) is 5.92 Å². The second-order valence-corrected chi connectivity index (χ2v) is 4.79. The molecule has 0 saturated heterocycles. The van der Waals surface area contributed by atoms with Crippen molar-refractivity contribution in [3.8, 4) is 5.75 Å². The van der Waals surface area contributed by atoms with Gasteiger partial charge in [-0.3, -0.25) is 9.59 Å². The summed E-state index contributed by atoms with van der Waals surface area (Å²) in [6, 6.07) is 7.39. The third-order valence-electron chi connectivity index (χ3n) is 2.95. The number of benzene rings is 1. The molecule has 1 aromatic carbocycles. The topological polar surface area (TPSA) is 66.8 Å². The largest absolute Gasteiger partial charge is 0.494 e. The minimum absolute atomic E-state index is 0.182. The lowest BCUT2D eigenvalue weighted by atomic mass is 10.1. The normalized spacial score (nSPS) is 12.1. The fraction of sp³-hybridized carbons (Fsp3) is 0.375. The van der Waals surface area contributed by atoms with E-state index >= 15 is 0 Å². The summed E-state index contributed by atoms with van der Waals surface area (Å²) in [4.78, 5) is 24.0. The van der Waals surface area contributed by atoms with Gasteiger partial charge in [0.2, 0.25) is 5.91 Å². The van der Waals surface area contributed by atoms with Crippen LogP contribution in [-0.2, 0) is 9.59 Å². The van der Waals surface area contributed by atoms with Gasteiger partial charge < -0.3 is 14.7 Å². The maximum absolute atomic E-state index is 11.9. The Bertz CT molecular complexity index is 508. The Morgan fingerprint density at radius 3 is 2.48 bits per heavy atom. The van der Waals surface area contributed by atoms with Gasteiger partial charge in [-0.15, -0.1) is 0 Å². The number of carboxylic acids is 1. The van der Waals surface area contributed by atoms with Gasteiger partial charge >= 0.3 is 5.97 Å². The van der Waals surface area contributed by atoms with Crippen LogP contribution in [0.15, 0.2) is 30.3 Å². The standard InChI is InChI=1S/C16H21NO4/c1-4-21-14-8-5-13(6-9-14)7-10-15(18)17(3)11-12(2)16(19)20/h5-10,12H,4,11H2,1-3H3,(H,19,20). The summed E-state index contributed by atoms with van der Waals surface area (Å²) in [5, 5.41) is 8.82. The van der Waals surface area contributed by atoms with Crippen LogP contribution in [0, 0.1) is 5.92 Å². The summed E-state index contributed by atoms with van der Waals surface area (Å²) in [5.41, 5.74) is 0.881. The van der Waals surface area contributed by atoms with E-state index in [-0.39, 0.29) is 12.5 Å². The molecule has 1 amide bonds. The molecule has 0 aliphatic rings. The number of nitrogens with zero attached hydrogens (tertiary/aromatic N) is 1. The van der Waals surface area contributed by atoms with Gasteiger partial charge in [0.15, 0.2) is 0 Å². The first-order chi connectivity index (χ1) is 9.93. The number of carbonyl (C=O) groups excluding carboxylic acids is 1. The van der Waals surface area contributed by atoms with Crippen molar-refractivity contribution < 1.29 is 19.4 Å². The zero-order valence-electron chi connectivity index (χ0n) is 12.6. The number of carboxylic acid groups (broad SMARTS) is 1. The number of carbonyl (C=O) groups is 2. The molecule has 1 unspecified atom stereocenters. The second kappa shape index (κ2) is 8.09. The average molecular weight is 291 g/mol. The van der Waals surface area contributed by atoms with E-state index in [0.717, 1.165) is 11.3 Å². The molecule has 0 saturated carbocycles. The molecule has 1 aromatic rings. The van der Waals surface area contributed by atoms with Crippen LogP contribution in [0.4, 0.5) is 0 Å². The molecule has 1 N–H and O–H groups in total. The molecule has 114 valence electrons. The van der Waals surface area contributed by atoms with Crippen LogP contribution in [0.1, 0.15) is 19.4 Å². The van der Waals surface area contributed by atoms with Crippen LogP contribution >= 0.6 is 0 Å². The molecule has 1 atom stereocenters. The zero-order chi connectivity index (χ0) is 15.8. The predicted molar refractivity (Wildman–Crippen MR) is 81.1 cm³/mol. The van der Waals surface area contributed by atoms with E-state index in [1.54, 1.807) is 20.0 Å². The van der Waals surface area contributed by atoms with E-state index in [0.29, 0.717) is 6.61 Å². The Kier molecular flexibility index (Phi) is 6.46. The number of ether oxygens (including phenoxy) is 1. The maximum Gasteiger partial charge on any atom is 0.308 e. The van der Waals surface area contributed by atoms with Gasteiger partial charge in [-0.1, -0.05) is 19.1 Å². The van der Waals surface area contributed by atoms with E-state index in [9.17, 15) is 9.59 Å². The third kappa shape index (κ3) is 5.69. The lowest BCUT2D eigenvalue weighted by molar-refractivity contribution is -0.142. The highest BCUT2D eigenvalue weighted by Crippen LogP contribution is 2.13. The van der Waals surface area contributed by atoms with Gasteiger partial charge in [0.25, 0.3) is 0 Å². The molecule has 5 heteroatoms. The van der Waals surface area contributed by atoms with Gasteiger partial charge in [-0.05, 0) is 30.7 Å². The average Bonchev–Trinajstić information content (AvgIpc) is 2.46. The van der Waals surface area contributed by atoms with Crippen LogP contribution in [0.3, 0.4) is 0 Å². The second-order valence-electron chi connectivity index (χ2n) is 4.79.